The number of aliphatic hydroxyl groups excluding tert-OH is 2. The van der Waals surface area contributed by atoms with E-state index >= 15 is 0 Å². The van der Waals surface area contributed by atoms with Crippen LogP contribution in [-0.2, 0) is 4.79 Å². The number of hydrogen-bond acceptors (Lipinski definition) is 3. The van der Waals surface area contributed by atoms with E-state index in [1.165, 1.54) is 0 Å². The first-order chi connectivity index (χ1) is 15.3. The predicted octanol–water partition coefficient (Wildman–Crippen LogP) is 5.52. The number of piperidine rings is 1. The minimum Gasteiger partial charge on any atom is -0.394 e. The number of hydrogen-bond donors (Lipinski definition) is 2. The fourth-order valence-corrected chi connectivity index (χ4v) is 5.69. The number of carbonyl (C=O) groups excluding carboxylic acids is 1. The highest BCUT2D eigenvalue weighted by atomic mass is 35.5. The summed E-state index contributed by atoms with van der Waals surface area (Å²) < 4.78 is 0. The third-order valence-electron chi connectivity index (χ3n) is 6.83. The number of amides is 1. The monoisotopic (exact) mass is 473 g/mol. The van der Waals surface area contributed by atoms with Crippen LogP contribution < -0.4 is 0 Å². The largest absolute Gasteiger partial charge is 0.394 e. The topological polar surface area (TPSA) is 60.8 Å². The lowest BCUT2D eigenvalue weighted by Crippen LogP contribution is -2.55. The number of carbonyl (C=O) groups is 1. The van der Waals surface area contributed by atoms with Gasteiger partial charge in [0.25, 0.3) is 0 Å². The second-order valence-corrected chi connectivity index (χ2v) is 10.1. The predicted molar refractivity (Wildman–Crippen MR) is 128 cm³/mol. The van der Waals surface area contributed by atoms with E-state index in [0.717, 1.165) is 24.0 Å². The van der Waals surface area contributed by atoms with Crippen molar-refractivity contribution in [1.82, 2.24) is 4.90 Å². The first-order valence-electron chi connectivity index (χ1n) is 11.1. The summed E-state index contributed by atoms with van der Waals surface area (Å²) in [5.41, 5.74) is 1.27. The van der Waals surface area contributed by atoms with Gasteiger partial charge in [0.2, 0.25) is 5.91 Å². The van der Waals surface area contributed by atoms with Crippen molar-refractivity contribution < 1.29 is 15.0 Å². The first kappa shape index (κ1) is 23.3. The van der Waals surface area contributed by atoms with Crippen LogP contribution in [0.2, 0.25) is 10.0 Å². The Bertz CT molecular complexity index is 993. The highest BCUT2D eigenvalue weighted by Crippen LogP contribution is 2.53. The maximum Gasteiger partial charge on any atom is 0.229 e. The normalized spacial score (nSPS) is 28.8. The van der Waals surface area contributed by atoms with E-state index < -0.39 is 11.5 Å². The molecule has 0 saturated carbocycles. The third-order valence-corrected chi connectivity index (χ3v) is 7.32. The van der Waals surface area contributed by atoms with Gasteiger partial charge >= 0.3 is 0 Å². The molecule has 2 N–H and O–H groups in total. The smallest absolute Gasteiger partial charge is 0.229 e. The van der Waals surface area contributed by atoms with Gasteiger partial charge in [-0.3, -0.25) is 4.79 Å². The zero-order chi connectivity index (χ0) is 22.9. The number of benzene rings is 2. The number of allylic oxidation sites excluding steroid dienone is 1. The Morgan fingerprint density at radius 2 is 1.88 bits per heavy atom. The van der Waals surface area contributed by atoms with Gasteiger partial charge in [-0.1, -0.05) is 66.5 Å². The zero-order valence-electron chi connectivity index (χ0n) is 18.1. The molecular weight excluding hydrogens is 445 g/mol. The van der Waals surface area contributed by atoms with Gasteiger partial charge < -0.3 is 15.1 Å². The van der Waals surface area contributed by atoms with Crippen molar-refractivity contribution in [1.29, 1.82) is 0 Å². The van der Waals surface area contributed by atoms with Crippen LogP contribution in [0.25, 0.3) is 0 Å². The van der Waals surface area contributed by atoms with Crippen LogP contribution in [-0.4, -0.2) is 39.8 Å². The second kappa shape index (κ2) is 9.56. The molecule has 1 fully saturated rings. The van der Waals surface area contributed by atoms with E-state index in [4.69, 9.17) is 23.2 Å². The SMILES string of the molecule is CC1(CC(O)CO)CC(c2cccc(Cl)c2)C(c2ccc(Cl)cc2)N(C2C=CCC2)C1=O. The molecule has 2 aliphatic rings. The van der Waals surface area contributed by atoms with E-state index in [-0.39, 0.29) is 36.9 Å². The second-order valence-electron chi connectivity index (χ2n) is 9.25. The van der Waals surface area contributed by atoms with Gasteiger partial charge in [-0.25, -0.2) is 0 Å². The highest BCUT2D eigenvalue weighted by Gasteiger charge is 2.51. The van der Waals surface area contributed by atoms with Crippen LogP contribution in [0.4, 0.5) is 0 Å². The molecule has 1 amide bonds. The molecule has 32 heavy (non-hydrogen) atoms. The number of likely N-dealkylation sites (tertiary alicyclic amines) is 1. The third kappa shape index (κ3) is 4.60. The fourth-order valence-electron chi connectivity index (χ4n) is 5.37. The van der Waals surface area contributed by atoms with Crippen LogP contribution in [0.3, 0.4) is 0 Å². The molecule has 5 unspecified atom stereocenters. The summed E-state index contributed by atoms with van der Waals surface area (Å²) in [6, 6.07) is 15.3. The summed E-state index contributed by atoms with van der Waals surface area (Å²) in [5, 5.41) is 21.1. The van der Waals surface area contributed by atoms with Gasteiger partial charge in [0.1, 0.15) is 0 Å². The molecule has 6 heteroatoms. The Hall–Kier alpha value is -1.85. The zero-order valence-corrected chi connectivity index (χ0v) is 19.6. The quantitative estimate of drug-likeness (QED) is 0.542. The molecule has 1 aliphatic heterocycles. The van der Waals surface area contributed by atoms with Crippen LogP contribution >= 0.6 is 23.2 Å². The average molecular weight is 474 g/mol. The van der Waals surface area contributed by atoms with E-state index in [0.29, 0.717) is 16.5 Å². The van der Waals surface area contributed by atoms with E-state index in [1.807, 2.05) is 54.3 Å². The average Bonchev–Trinajstić information content (AvgIpc) is 3.30. The summed E-state index contributed by atoms with van der Waals surface area (Å²) in [7, 11) is 0. The molecule has 0 bridgehead atoms. The number of aliphatic hydroxyl groups is 2. The van der Waals surface area contributed by atoms with Gasteiger partial charge in [0.05, 0.1) is 24.8 Å². The van der Waals surface area contributed by atoms with Crippen molar-refractivity contribution in [2.45, 2.75) is 56.7 Å². The molecule has 0 aromatic heterocycles. The number of nitrogens with zero attached hydrogens (tertiary/aromatic N) is 1. The van der Waals surface area contributed by atoms with E-state index in [1.54, 1.807) is 0 Å². The van der Waals surface area contributed by atoms with Gasteiger partial charge in [0, 0.05) is 21.4 Å². The number of halogens is 2. The molecule has 0 radical (unpaired) electrons. The molecule has 2 aromatic carbocycles. The molecule has 4 rings (SSSR count). The first-order valence-corrected chi connectivity index (χ1v) is 11.9. The molecule has 4 nitrogen and oxygen atoms in total. The summed E-state index contributed by atoms with van der Waals surface area (Å²) in [5.74, 6) is -0.0164. The van der Waals surface area contributed by atoms with Crippen molar-refractivity contribution in [2.24, 2.45) is 5.41 Å². The lowest BCUT2D eigenvalue weighted by molar-refractivity contribution is -0.156. The molecule has 170 valence electrons. The minimum atomic E-state index is -0.947. The van der Waals surface area contributed by atoms with Gasteiger partial charge in [0.15, 0.2) is 0 Å². The van der Waals surface area contributed by atoms with Gasteiger partial charge in [-0.15, -0.1) is 0 Å². The molecule has 0 spiro atoms. The molecule has 5 atom stereocenters. The highest BCUT2D eigenvalue weighted by molar-refractivity contribution is 6.30. The Morgan fingerprint density at radius 3 is 2.50 bits per heavy atom. The molecular formula is C26H29Cl2NO3. The van der Waals surface area contributed by atoms with Gasteiger partial charge in [-0.2, -0.15) is 0 Å². The van der Waals surface area contributed by atoms with Crippen LogP contribution in [0, 0.1) is 5.41 Å². The van der Waals surface area contributed by atoms with Crippen LogP contribution in [0.5, 0.6) is 0 Å². The van der Waals surface area contributed by atoms with Crippen LogP contribution in [0.1, 0.15) is 55.7 Å². The Labute approximate surface area is 199 Å². The minimum absolute atomic E-state index is 0.0137. The van der Waals surface area contributed by atoms with Crippen molar-refractivity contribution in [3.8, 4) is 0 Å². The lowest BCUT2D eigenvalue weighted by Gasteiger charge is -2.51. The van der Waals surface area contributed by atoms with Crippen LogP contribution in [0.15, 0.2) is 60.7 Å². The maximum absolute atomic E-state index is 14.0. The van der Waals surface area contributed by atoms with Gasteiger partial charge in [-0.05, 0) is 61.1 Å². The van der Waals surface area contributed by atoms with E-state index in [9.17, 15) is 15.0 Å². The van der Waals surface area contributed by atoms with Crippen molar-refractivity contribution in [3.05, 3.63) is 81.9 Å². The maximum atomic E-state index is 14.0. The lowest BCUT2D eigenvalue weighted by atomic mass is 9.66. The Kier molecular flexibility index (Phi) is 6.97. The van der Waals surface area contributed by atoms with Crippen molar-refractivity contribution in [3.63, 3.8) is 0 Å². The Morgan fingerprint density at radius 1 is 1.12 bits per heavy atom. The number of rotatable bonds is 6. The molecule has 1 heterocycles. The summed E-state index contributed by atoms with van der Waals surface area (Å²) in [6.45, 7) is 1.55. The summed E-state index contributed by atoms with van der Waals surface area (Å²) in [6.07, 6.45) is 5.85. The molecule has 1 saturated heterocycles. The molecule has 2 aromatic rings. The fraction of sp³-hybridized carbons (Fsp3) is 0.423. The molecule has 1 aliphatic carbocycles. The van der Waals surface area contributed by atoms with Crippen molar-refractivity contribution >= 4 is 29.1 Å². The standard InChI is InChI=1S/C26H29Cl2NO3/c1-26(14-22(31)16-30)15-23(18-5-4-6-20(28)13-18)24(17-9-11-19(27)12-10-17)29(25(26)32)21-7-2-3-8-21/h2,4-7,9-13,21-24,30-31H,3,8,14-16H2,1H3. The summed E-state index contributed by atoms with van der Waals surface area (Å²) >= 11 is 12.5. The van der Waals surface area contributed by atoms with Crippen molar-refractivity contribution in [2.75, 3.05) is 6.61 Å². The Balaban J connectivity index is 1.86. The summed E-state index contributed by atoms with van der Waals surface area (Å²) in [4.78, 5) is 16.0. The van der Waals surface area contributed by atoms with E-state index in [2.05, 4.69) is 18.2 Å².